The molecule has 1 amide bonds. The number of hydrogen-bond acceptors (Lipinski definition) is 5. The van der Waals surface area contributed by atoms with Gasteiger partial charge in [-0.3, -0.25) is 14.2 Å². The average Bonchev–Trinajstić information content (AvgIpc) is 2.82. The second-order valence-electron chi connectivity index (χ2n) is 6.91. The van der Waals surface area contributed by atoms with Crippen molar-refractivity contribution in [2.24, 2.45) is 0 Å². The van der Waals surface area contributed by atoms with Gasteiger partial charge in [0, 0.05) is 17.6 Å². The predicted octanol–water partition coefficient (Wildman–Crippen LogP) is 4.46. The zero-order chi connectivity index (χ0) is 22.5. The lowest BCUT2D eigenvalue weighted by molar-refractivity contribution is -0.118. The van der Waals surface area contributed by atoms with Gasteiger partial charge in [0.15, 0.2) is 5.16 Å². The number of thioether (sulfide) groups is 1. The summed E-state index contributed by atoms with van der Waals surface area (Å²) in [6, 6.07) is 21.7. The van der Waals surface area contributed by atoms with Gasteiger partial charge in [0.25, 0.3) is 5.56 Å². The predicted molar refractivity (Wildman–Crippen MR) is 128 cm³/mol. The Morgan fingerprint density at radius 3 is 2.69 bits per heavy atom. The lowest BCUT2D eigenvalue weighted by Gasteiger charge is -2.14. The number of fused-ring (bicyclic) bond motifs is 1. The summed E-state index contributed by atoms with van der Waals surface area (Å²) in [5.41, 5.74) is 1.83. The van der Waals surface area contributed by atoms with Crippen LogP contribution >= 0.6 is 23.4 Å². The van der Waals surface area contributed by atoms with Crippen LogP contribution in [-0.2, 0) is 11.3 Å². The van der Waals surface area contributed by atoms with Crippen molar-refractivity contribution in [2.45, 2.75) is 11.7 Å². The van der Waals surface area contributed by atoms with E-state index in [4.69, 9.17) is 16.3 Å². The highest BCUT2D eigenvalue weighted by atomic mass is 35.5. The van der Waals surface area contributed by atoms with Crippen LogP contribution in [0.25, 0.3) is 16.6 Å². The van der Waals surface area contributed by atoms with Gasteiger partial charge in [-0.05, 0) is 35.9 Å². The maximum atomic E-state index is 13.3. The van der Waals surface area contributed by atoms with Crippen molar-refractivity contribution in [1.29, 1.82) is 0 Å². The highest BCUT2D eigenvalue weighted by Crippen LogP contribution is 2.23. The van der Waals surface area contributed by atoms with E-state index in [1.807, 2.05) is 30.3 Å². The van der Waals surface area contributed by atoms with Crippen LogP contribution in [0.4, 0.5) is 0 Å². The molecule has 1 heterocycles. The zero-order valence-corrected chi connectivity index (χ0v) is 18.8. The second kappa shape index (κ2) is 9.89. The molecule has 6 nitrogen and oxygen atoms in total. The Bertz CT molecular complexity index is 1340. The monoisotopic (exact) mass is 465 g/mol. The Morgan fingerprint density at radius 1 is 1.09 bits per heavy atom. The Kier molecular flexibility index (Phi) is 6.78. The number of aromatic nitrogens is 2. The van der Waals surface area contributed by atoms with Crippen molar-refractivity contribution in [3.05, 3.63) is 93.7 Å². The van der Waals surface area contributed by atoms with Gasteiger partial charge in [-0.1, -0.05) is 59.8 Å². The van der Waals surface area contributed by atoms with Crippen LogP contribution in [-0.4, -0.2) is 28.3 Å². The summed E-state index contributed by atoms with van der Waals surface area (Å²) in [7, 11) is 1.57. The number of rotatable bonds is 7. The first-order chi connectivity index (χ1) is 15.6. The summed E-state index contributed by atoms with van der Waals surface area (Å²) in [4.78, 5) is 30.4. The second-order valence-corrected chi connectivity index (χ2v) is 8.26. The fraction of sp³-hybridized carbons (Fsp3) is 0.125. The normalized spacial score (nSPS) is 10.8. The third kappa shape index (κ3) is 4.79. The third-order valence-corrected chi connectivity index (χ3v) is 6.13. The van der Waals surface area contributed by atoms with E-state index in [2.05, 4.69) is 10.3 Å². The molecule has 4 rings (SSSR count). The number of hydrogen-bond donors (Lipinski definition) is 1. The molecule has 0 fully saturated rings. The maximum absolute atomic E-state index is 13.3. The van der Waals surface area contributed by atoms with Crippen molar-refractivity contribution in [2.75, 3.05) is 12.9 Å². The van der Waals surface area contributed by atoms with E-state index in [-0.39, 0.29) is 17.2 Å². The van der Waals surface area contributed by atoms with E-state index >= 15 is 0 Å². The quantitative estimate of drug-likeness (QED) is 0.322. The molecule has 0 bridgehead atoms. The molecule has 1 aromatic heterocycles. The smallest absolute Gasteiger partial charge is 0.266 e. The average molecular weight is 466 g/mol. The van der Waals surface area contributed by atoms with Gasteiger partial charge in [-0.25, -0.2) is 4.98 Å². The molecule has 0 atom stereocenters. The largest absolute Gasteiger partial charge is 0.497 e. The minimum atomic E-state index is -0.206. The Balaban J connectivity index is 1.61. The highest BCUT2D eigenvalue weighted by molar-refractivity contribution is 7.99. The van der Waals surface area contributed by atoms with Crippen molar-refractivity contribution >= 4 is 40.2 Å². The Hall–Kier alpha value is -3.29. The number of benzene rings is 3. The fourth-order valence-corrected chi connectivity index (χ4v) is 4.25. The first kappa shape index (κ1) is 21.9. The lowest BCUT2D eigenvalue weighted by Crippen LogP contribution is -2.26. The minimum Gasteiger partial charge on any atom is -0.497 e. The van der Waals surface area contributed by atoms with Crippen LogP contribution in [0.1, 0.15) is 5.56 Å². The maximum Gasteiger partial charge on any atom is 0.266 e. The summed E-state index contributed by atoms with van der Waals surface area (Å²) in [5, 5.41) is 4.39. The van der Waals surface area contributed by atoms with Crippen LogP contribution < -0.4 is 15.6 Å². The summed E-state index contributed by atoms with van der Waals surface area (Å²) >= 11 is 7.35. The number of methoxy groups -OCH3 is 1. The molecule has 0 unspecified atom stereocenters. The molecule has 0 saturated carbocycles. The standard InChI is InChI=1S/C24H20ClN3O3S/c1-31-18-9-6-8-17(13-18)28-23(30)19-10-3-5-12-21(19)27-24(28)32-15-22(29)26-14-16-7-2-4-11-20(16)25/h2-13H,14-15H2,1H3,(H,26,29). The van der Waals surface area contributed by atoms with Crippen LogP contribution in [0, 0.1) is 0 Å². The van der Waals surface area contributed by atoms with Gasteiger partial charge in [0.1, 0.15) is 5.75 Å². The summed E-state index contributed by atoms with van der Waals surface area (Å²) in [6.45, 7) is 0.326. The van der Waals surface area contributed by atoms with Gasteiger partial charge in [0.05, 0.1) is 29.5 Å². The number of para-hydroxylation sites is 1. The number of ether oxygens (including phenoxy) is 1. The molecule has 162 valence electrons. The lowest BCUT2D eigenvalue weighted by atomic mass is 10.2. The SMILES string of the molecule is COc1cccc(-n2c(SCC(=O)NCc3ccccc3Cl)nc3ccccc3c2=O)c1. The van der Waals surface area contributed by atoms with Gasteiger partial charge < -0.3 is 10.1 Å². The van der Waals surface area contributed by atoms with E-state index in [1.54, 1.807) is 49.6 Å². The van der Waals surface area contributed by atoms with Crippen molar-refractivity contribution in [3.63, 3.8) is 0 Å². The van der Waals surface area contributed by atoms with Gasteiger partial charge in [-0.2, -0.15) is 0 Å². The van der Waals surface area contributed by atoms with Gasteiger partial charge in [0.2, 0.25) is 5.91 Å². The van der Waals surface area contributed by atoms with E-state index in [1.165, 1.54) is 16.3 Å². The molecular weight excluding hydrogens is 446 g/mol. The van der Waals surface area contributed by atoms with E-state index < -0.39 is 0 Å². The van der Waals surface area contributed by atoms with Crippen molar-refractivity contribution in [1.82, 2.24) is 14.9 Å². The molecule has 1 N–H and O–H groups in total. The molecule has 0 radical (unpaired) electrons. The topological polar surface area (TPSA) is 73.2 Å². The molecule has 0 aliphatic heterocycles. The number of carbonyl (C=O) groups is 1. The van der Waals surface area contributed by atoms with Crippen molar-refractivity contribution < 1.29 is 9.53 Å². The molecule has 8 heteroatoms. The van der Waals surface area contributed by atoms with Gasteiger partial charge in [-0.15, -0.1) is 0 Å². The molecule has 0 saturated heterocycles. The number of amides is 1. The van der Waals surface area contributed by atoms with E-state index in [0.717, 1.165) is 5.56 Å². The minimum absolute atomic E-state index is 0.0964. The third-order valence-electron chi connectivity index (χ3n) is 4.82. The van der Waals surface area contributed by atoms with Crippen LogP contribution in [0.2, 0.25) is 5.02 Å². The molecular formula is C24H20ClN3O3S. The number of nitrogens with zero attached hydrogens (tertiary/aromatic N) is 2. The highest BCUT2D eigenvalue weighted by Gasteiger charge is 2.15. The number of carbonyl (C=O) groups excluding carboxylic acids is 1. The van der Waals surface area contributed by atoms with Crippen molar-refractivity contribution in [3.8, 4) is 11.4 Å². The zero-order valence-electron chi connectivity index (χ0n) is 17.2. The first-order valence-electron chi connectivity index (χ1n) is 9.86. The van der Waals surface area contributed by atoms with E-state index in [9.17, 15) is 9.59 Å². The fourth-order valence-electron chi connectivity index (χ4n) is 3.20. The summed E-state index contributed by atoms with van der Waals surface area (Å²) < 4.78 is 6.82. The number of nitrogens with one attached hydrogen (secondary N) is 1. The number of halogens is 1. The molecule has 32 heavy (non-hydrogen) atoms. The summed E-state index contributed by atoms with van der Waals surface area (Å²) in [6.07, 6.45) is 0. The van der Waals surface area contributed by atoms with Crippen LogP contribution in [0.15, 0.2) is 82.7 Å². The first-order valence-corrected chi connectivity index (χ1v) is 11.2. The van der Waals surface area contributed by atoms with Gasteiger partial charge >= 0.3 is 0 Å². The molecule has 0 spiro atoms. The van der Waals surface area contributed by atoms with Crippen LogP contribution in [0.5, 0.6) is 5.75 Å². The molecule has 0 aliphatic rings. The Morgan fingerprint density at radius 2 is 1.88 bits per heavy atom. The Labute approximate surface area is 194 Å². The van der Waals surface area contributed by atoms with E-state index in [0.29, 0.717) is 39.1 Å². The van der Waals surface area contributed by atoms with Crippen LogP contribution in [0.3, 0.4) is 0 Å². The molecule has 4 aromatic rings. The summed E-state index contributed by atoms with van der Waals surface area (Å²) in [5.74, 6) is 0.532. The molecule has 3 aromatic carbocycles. The molecule has 0 aliphatic carbocycles.